The summed E-state index contributed by atoms with van der Waals surface area (Å²) in [4.78, 5) is 34.6. The second kappa shape index (κ2) is 7.65. The molecule has 7 heteroatoms. The van der Waals surface area contributed by atoms with Gasteiger partial charge in [0, 0.05) is 13.6 Å². The Labute approximate surface area is 106 Å². The number of rotatable bonds is 8. The Morgan fingerprint density at radius 1 is 1.22 bits per heavy atom. The lowest BCUT2D eigenvalue weighted by atomic mass is 10.1. The van der Waals surface area contributed by atoms with Crippen LogP contribution in [0.25, 0.3) is 0 Å². The monoisotopic (exact) mass is 260 g/mol. The van der Waals surface area contributed by atoms with Gasteiger partial charge in [0.2, 0.25) is 5.91 Å². The van der Waals surface area contributed by atoms with E-state index in [1.165, 1.54) is 18.9 Å². The highest BCUT2D eigenvalue weighted by molar-refractivity contribution is 5.80. The van der Waals surface area contributed by atoms with Crippen LogP contribution in [0.2, 0.25) is 0 Å². The highest BCUT2D eigenvalue weighted by atomic mass is 16.4. The van der Waals surface area contributed by atoms with Crippen molar-refractivity contribution in [2.75, 3.05) is 20.1 Å². The molecule has 0 bridgehead atoms. The van der Waals surface area contributed by atoms with Crippen molar-refractivity contribution < 1.29 is 24.6 Å². The van der Waals surface area contributed by atoms with Gasteiger partial charge in [0.1, 0.15) is 6.04 Å². The van der Waals surface area contributed by atoms with Crippen molar-refractivity contribution in [3.8, 4) is 0 Å². The standard InChI is InChI=1S/C11H20N2O5/c1-4-8(11(17)18)13(6-9(14)12-3)5-7(2)10(15)16/h7-8H,4-6H2,1-3H3,(H,12,14)(H,15,16)(H,17,18). The molecule has 0 fully saturated rings. The van der Waals surface area contributed by atoms with Gasteiger partial charge in [-0.2, -0.15) is 0 Å². The summed E-state index contributed by atoms with van der Waals surface area (Å²) in [6.07, 6.45) is 0.304. The van der Waals surface area contributed by atoms with Crippen LogP contribution in [0.4, 0.5) is 0 Å². The first-order chi connectivity index (χ1) is 8.33. The maximum absolute atomic E-state index is 11.3. The first-order valence-electron chi connectivity index (χ1n) is 5.73. The largest absolute Gasteiger partial charge is 0.481 e. The van der Waals surface area contributed by atoms with Crippen LogP contribution in [0.15, 0.2) is 0 Å². The van der Waals surface area contributed by atoms with Gasteiger partial charge >= 0.3 is 11.9 Å². The van der Waals surface area contributed by atoms with Crippen molar-refractivity contribution in [1.29, 1.82) is 0 Å². The van der Waals surface area contributed by atoms with Gasteiger partial charge in [0.05, 0.1) is 12.5 Å². The average Bonchev–Trinajstić information content (AvgIpc) is 2.28. The second-order valence-electron chi connectivity index (χ2n) is 4.10. The SMILES string of the molecule is CCC(C(=O)O)N(CC(=O)NC)CC(C)C(=O)O. The third-order valence-corrected chi connectivity index (χ3v) is 2.67. The molecule has 0 aliphatic rings. The van der Waals surface area contributed by atoms with E-state index in [0.29, 0.717) is 6.42 Å². The number of hydrogen-bond donors (Lipinski definition) is 3. The molecule has 2 unspecified atom stereocenters. The van der Waals surface area contributed by atoms with Crippen LogP contribution in [0.5, 0.6) is 0 Å². The highest BCUT2D eigenvalue weighted by Gasteiger charge is 2.28. The zero-order valence-electron chi connectivity index (χ0n) is 10.8. The van der Waals surface area contributed by atoms with Crippen LogP contribution in [-0.2, 0) is 14.4 Å². The maximum atomic E-state index is 11.3. The van der Waals surface area contributed by atoms with E-state index in [1.54, 1.807) is 6.92 Å². The van der Waals surface area contributed by atoms with Gasteiger partial charge < -0.3 is 15.5 Å². The molecule has 0 saturated heterocycles. The molecule has 0 aliphatic heterocycles. The van der Waals surface area contributed by atoms with E-state index < -0.39 is 23.9 Å². The Balaban J connectivity index is 4.85. The fraction of sp³-hybridized carbons (Fsp3) is 0.727. The summed E-state index contributed by atoms with van der Waals surface area (Å²) < 4.78 is 0. The van der Waals surface area contributed by atoms with Crippen LogP contribution >= 0.6 is 0 Å². The van der Waals surface area contributed by atoms with Gasteiger partial charge in [0.25, 0.3) is 0 Å². The van der Waals surface area contributed by atoms with E-state index >= 15 is 0 Å². The Hall–Kier alpha value is -1.63. The van der Waals surface area contributed by atoms with E-state index in [4.69, 9.17) is 10.2 Å². The number of amides is 1. The van der Waals surface area contributed by atoms with Crippen LogP contribution in [-0.4, -0.2) is 59.1 Å². The van der Waals surface area contributed by atoms with Crippen molar-refractivity contribution >= 4 is 17.8 Å². The van der Waals surface area contributed by atoms with E-state index in [1.807, 2.05) is 0 Å². The molecule has 18 heavy (non-hydrogen) atoms. The lowest BCUT2D eigenvalue weighted by molar-refractivity contribution is -0.148. The van der Waals surface area contributed by atoms with Gasteiger partial charge in [-0.25, -0.2) is 0 Å². The lowest BCUT2D eigenvalue weighted by Crippen LogP contribution is -2.48. The summed E-state index contributed by atoms with van der Waals surface area (Å²) in [6, 6.07) is -0.857. The molecule has 0 aromatic rings. The maximum Gasteiger partial charge on any atom is 0.320 e. The van der Waals surface area contributed by atoms with Crippen molar-refractivity contribution in [2.24, 2.45) is 5.92 Å². The predicted molar refractivity (Wildman–Crippen MR) is 64.2 cm³/mol. The zero-order chi connectivity index (χ0) is 14.3. The second-order valence-corrected chi connectivity index (χ2v) is 4.10. The molecule has 0 radical (unpaired) electrons. The Kier molecular flexibility index (Phi) is 6.96. The van der Waals surface area contributed by atoms with Crippen LogP contribution in [0.1, 0.15) is 20.3 Å². The Bertz CT molecular complexity index is 319. The Morgan fingerprint density at radius 3 is 2.11 bits per heavy atom. The molecule has 0 aliphatic carbocycles. The molecule has 0 rings (SSSR count). The predicted octanol–water partition coefficient (Wildman–Crippen LogP) is -0.382. The fourth-order valence-corrected chi connectivity index (χ4v) is 1.58. The number of carbonyl (C=O) groups excluding carboxylic acids is 1. The molecule has 2 atom stereocenters. The third kappa shape index (κ3) is 5.13. The summed E-state index contributed by atoms with van der Waals surface area (Å²) in [5, 5.41) is 20.3. The average molecular weight is 260 g/mol. The molecular weight excluding hydrogens is 240 g/mol. The van der Waals surface area contributed by atoms with E-state index in [9.17, 15) is 14.4 Å². The minimum Gasteiger partial charge on any atom is -0.481 e. The number of hydrogen-bond acceptors (Lipinski definition) is 4. The van der Waals surface area contributed by atoms with Crippen molar-refractivity contribution in [1.82, 2.24) is 10.2 Å². The van der Waals surface area contributed by atoms with Crippen molar-refractivity contribution in [3.05, 3.63) is 0 Å². The first kappa shape index (κ1) is 16.4. The van der Waals surface area contributed by atoms with Gasteiger partial charge in [0.15, 0.2) is 0 Å². The number of nitrogens with one attached hydrogen (secondary N) is 1. The smallest absolute Gasteiger partial charge is 0.320 e. The van der Waals surface area contributed by atoms with Gasteiger partial charge in [-0.3, -0.25) is 19.3 Å². The summed E-state index contributed by atoms with van der Waals surface area (Å²) in [7, 11) is 1.45. The molecule has 0 aromatic carbocycles. The zero-order valence-corrected chi connectivity index (χ0v) is 10.8. The van der Waals surface area contributed by atoms with Crippen LogP contribution < -0.4 is 5.32 Å². The van der Waals surface area contributed by atoms with Crippen LogP contribution in [0, 0.1) is 5.92 Å². The quantitative estimate of drug-likeness (QED) is 0.549. The van der Waals surface area contributed by atoms with Gasteiger partial charge in [-0.05, 0) is 6.42 Å². The minimum atomic E-state index is -1.06. The normalized spacial score (nSPS) is 14.0. The molecule has 0 heterocycles. The van der Waals surface area contributed by atoms with Crippen molar-refractivity contribution in [3.63, 3.8) is 0 Å². The summed E-state index contributed by atoms with van der Waals surface area (Å²) >= 11 is 0. The summed E-state index contributed by atoms with van der Waals surface area (Å²) in [5.74, 6) is -3.15. The number of nitrogens with zero attached hydrogens (tertiary/aromatic N) is 1. The fourth-order valence-electron chi connectivity index (χ4n) is 1.58. The van der Waals surface area contributed by atoms with Crippen LogP contribution in [0.3, 0.4) is 0 Å². The molecule has 0 saturated carbocycles. The Morgan fingerprint density at radius 2 is 1.78 bits per heavy atom. The molecule has 0 aromatic heterocycles. The topological polar surface area (TPSA) is 107 Å². The number of likely N-dealkylation sites (N-methyl/N-ethyl adjacent to an activating group) is 1. The molecule has 3 N–H and O–H groups in total. The lowest BCUT2D eigenvalue weighted by Gasteiger charge is -2.28. The molecule has 0 spiro atoms. The van der Waals surface area contributed by atoms with E-state index in [-0.39, 0.29) is 19.0 Å². The van der Waals surface area contributed by atoms with Gasteiger partial charge in [-0.1, -0.05) is 13.8 Å². The summed E-state index contributed by atoms with van der Waals surface area (Å²) in [6.45, 7) is 3.06. The van der Waals surface area contributed by atoms with Crippen molar-refractivity contribution in [2.45, 2.75) is 26.3 Å². The number of carboxylic acid groups (broad SMARTS) is 2. The van der Waals surface area contributed by atoms with Gasteiger partial charge in [-0.15, -0.1) is 0 Å². The molecular formula is C11H20N2O5. The first-order valence-corrected chi connectivity index (χ1v) is 5.73. The molecule has 104 valence electrons. The highest BCUT2D eigenvalue weighted by Crippen LogP contribution is 2.09. The molecule has 7 nitrogen and oxygen atoms in total. The van der Waals surface area contributed by atoms with E-state index in [0.717, 1.165) is 0 Å². The van der Waals surface area contributed by atoms with E-state index in [2.05, 4.69) is 5.32 Å². The number of aliphatic carboxylic acids is 2. The number of carbonyl (C=O) groups is 3. The molecule has 1 amide bonds. The number of carboxylic acids is 2. The third-order valence-electron chi connectivity index (χ3n) is 2.67. The summed E-state index contributed by atoms with van der Waals surface area (Å²) in [5.41, 5.74) is 0. The minimum absolute atomic E-state index is 0.0214.